The van der Waals surface area contributed by atoms with Crippen molar-refractivity contribution in [3.8, 4) is 0 Å². The van der Waals surface area contributed by atoms with Gasteiger partial charge in [-0.1, -0.05) is 0 Å². The molecule has 9 nitrogen and oxygen atoms in total. The van der Waals surface area contributed by atoms with Crippen molar-refractivity contribution < 1.29 is 42.5 Å². The normalized spacial score (nSPS) is 10.4. The number of benzene rings is 2. The summed E-state index contributed by atoms with van der Waals surface area (Å²) in [5.41, 5.74) is -0.618. The average Bonchev–Trinajstić information content (AvgIpc) is 2.89. The van der Waals surface area contributed by atoms with Gasteiger partial charge in [0.05, 0.1) is 24.3 Å². The molecule has 0 heterocycles. The van der Waals surface area contributed by atoms with E-state index in [0.29, 0.717) is 13.7 Å². The number of ether oxygens (including phenoxy) is 2. The van der Waals surface area contributed by atoms with Crippen molar-refractivity contribution in [2.45, 2.75) is 13.8 Å². The molecule has 0 aliphatic carbocycles. The van der Waals surface area contributed by atoms with Crippen molar-refractivity contribution >= 4 is 68.9 Å². The van der Waals surface area contributed by atoms with Crippen LogP contribution in [0.2, 0.25) is 0 Å². The van der Waals surface area contributed by atoms with Crippen LogP contribution in [0.3, 0.4) is 0 Å². The van der Waals surface area contributed by atoms with Gasteiger partial charge in [-0.25, -0.2) is 23.2 Å². The number of carbonyl (C=O) groups is 4. The molecule has 41 heavy (non-hydrogen) atoms. The maximum Gasteiger partial charge on any atom is 0.343 e. The molecule has 0 unspecified atom stereocenters. The minimum absolute atomic E-state index is 0.141. The summed E-state index contributed by atoms with van der Waals surface area (Å²) in [6.45, 7) is 3.99. The molecule has 0 spiro atoms. The van der Waals surface area contributed by atoms with E-state index in [1.165, 1.54) is 41.4 Å². The van der Waals surface area contributed by atoms with Crippen molar-refractivity contribution in [2.24, 2.45) is 0 Å². The molecular formula is C28H32F2I2N2O7. The van der Waals surface area contributed by atoms with Crippen LogP contribution < -0.4 is 0 Å². The fourth-order valence-corrected chi connectivity index (χ4v) is 3.53. The van der Waals surface area contributed by atoms with E-state index >= 15 is 0 Å². The first kappa shape index (κ1) is 37.9. The average molecular weight is 800 g/mol. The number of carboxylic acids is 1. The summed E-state index contributed by atoms with van der Waals surface area (Å²) in [6, 6.07) is 8.10. The minimum atomic E-state index is -1.24. The third kappa shape index (κ3) is 15.5. The van der Waals surface area contributed by atoms with Gasteiger partial charge in [-0.3, -0.25) is 4.79 Å². The lowest BCUT2D eigenvalue weighted by Crippen LogP contribution is -2.20. The first-order valence-corrected chi connectivity index (χ1v) is 14.0. The number of ketones is 1. The fraction of sp³-hybridized carbons (Fsp3) is 0.286. The largest absolute Gasteiger partial charge is 0.478 e. The highest BCUT2D eigenvalue weighted by atomic mass is 127. The SMILES string of the molecule is CCOC(=O)/C(=C\N(C)C)C(=O)c1cc(I)ccc1F.CCOC(=O)/C=C\N(C)C.O=C(O)c1cc(I)ccc1F. The van der Waals surface area contributed by atoms with Gasteiger partial charge in [0.15, 0.2) is 0 Å². The van der Waals surface area contributed by atoms with E-state index in [0.717, 1.165) is 6.07 Å². The summed E-state index contributed by atoms with van der Waals surface area (Å²) >= 11 is 3.90. The molecule has 2 rings (SSSR count). The van der Waals surface area contributed by atoms with Gasteiger partial charge < -0.3 is 24.4 Å². The Balaban J connectivity index is 0.000000644. The van der Waals surface area contributed by atoms with E-state index in [-0.39, 0.29) is 29.3 Å². The Kier molecular flexibility index (Phi) is 18.4. The number of nitrogens with zero attached hydrogens (tertiary/aromatic N) is 2. The van der Waals surface area contributed by atoms with Crippen LogP contribution in [-0.2, 0) is 19.1 Å². The summed E-state index contributed by atoms with van der Waals surface area (Å²) in [6.07, 6.45) is 4.38. The molecule has 0 aliphatic heterocycles. The molecule has 0 saturated carbocycles. The van der Waals surface area contributed by atoms with Crippen molar-refractivity contribution in [2.75, 3.05) is 41.4 Å². The first-order valence-electron chi connectivity index (χ1n) is 11.9. The maximum atomic E-state index is 13.7. The third-order valence-corrected chi connectivity index (χ3v) is 5.60. The minimum Gasteiger partial charge on any atom is -0.478 e. The number of aromatic carboxylic acids is 1. The highest BCUT2D eigenvalue weighted by Gasteiger charge is 2.24. The van der Waals surface area contributed by atoms with Crippen LogP contribution in [0.4, 0.5) is 8.78 Å². The van der Waals surface area contributed by atoms with Crippen LogP contribution in [0.15, 0.2) is 60.4 Å². The number of carbonyl (C=O) groups excluding carboxylic acids is 3. The van der Waals surface area contributed by atoms with Crippen LogP contribution in [0.1, 0.15) is 34.6 Å². The Morgan fingerprint density at radius 2 is 1.32 bits per heavy atom. The standard InChI is InChI=1S/C14H15FINO3.C7H4FIO2.C7H13NO2/c1-4-20-14(19)11(8-17(2)3)13(18)10-7-9(16)5-6-12(10)15;8-6-2-1-4(9)3-5(6)7(10)11;1-4-10-7(9)5-6-8(2)3/h5-8H,4H2,1-3H3;1-3H,(H,10,11);5-6H,4H2,1-3H3/b11-8-;;6-5-. The Morgan fingerprint density at radius 1 is 0.829 bits per heavy atom. The molecule has 13 heteroatoms. The quantitative estimate of drug-likeness (QED) is 0.0894. The molecule has 0 fully saturated rings. The van der Waals surface area contributed by atoms with E-state index in [1.807, 2.05) is 59.3 Å². The van der Waals surface area contributed by atoms with E-state index in [2.05, 4.69) is 4.74 Å². The fourth-order valence-electron chi connectivity index (χ4n) is 2.55. The van der Waals surface area contributed by atoms with Gasteiger partial charge in [-0.15, -0.1) is 0 Å². The monoisotopic (exact) mass is 800 g/mol. The van der Waals surface area contributed by atoms with Gasteiger partial charge in [0.1, 0.15) is 17.2 Å². The highest BCUT2D eigenvalue weighted by Crippen LogP contribution is 2.18. The molecule has 2 aromatic carbocycles. The molecule has 1 N–H and O–H groups in total. The third-order valence-electron chi connectivity index (χ3n) is 4.25. The van der Waals surface area contributed by atoms with E-state index in [4.69, 9.17) is 9.84 Å². The number of carboxylic acid groups (broad SMARTS) is 1. The lowest BCUT2D eigenvalue weighted by atomic mass is 10.0. The molecule has 0 saturated heterocycles. The van der Waals surface area contributed by atoms with Gasteiger partial charge in [-0.2, -0.15) is 0 Å². The molecular weight excluding hydrogens is 768 g/mol. The lowest BCUT2D eigenvalue weighted by Gasteiger charge is -2.11. The smallest absolute Gasteiger partial charge is 0.343 e. The predicted octanol–water partition coefficient (Wildman–Crippen LogP) is 5.37. The number of hydrogen-bond donors (Lipinski definition) is 1. The summed E-state index contributed by atoms with van der Waals surface area (Å²) in [4.78, 5) is 48.4. The maximum absolute atomic E-state index is 13.7. The second-order valence-corrected chi connectivity index (χ2v) is 10.6. The number of hydrogen-bond acceptors (Lipinski definition) is 8. The molecule has 2 aromatic rings. The molecule has 0 bridgehead atoms. The second-order valence-electron chi connectivity index (χ2n) is 8.14. The molecule has 224 valence electrons. The summed E-state index contributed by atoms with van der Waals surface area (Å²) in [7, 11) is 7.01. The zero-order valence-electron chi connectivity index (χ0n) is 23.4. The molecule has 0 aliphatic rings. The molecule has 0 radical (unpaired) electrons. The Labute approximate surface area is 265 Å². The number of rotatable bonds is 9. The van der Waals surface area contributed by atoms with E-state index in [1.54, 1.807) is 45.1 Å². The van der Waals surface area contributed by atoms with Gasteiger partial charge in [-0.05, 0) is 95.4 Å². The zero-order valence-corrected chi connectivity index (χ0v) is 27.7. The summed E-state index contributed by atoms with van der Waals surface area (Å²) in [5.74, 6) is -4.34. The Hall–Kier alpha value is -3.08. The zero-order chi connectivity index (χ0) is 31.7. The van der Waals surface area contributed by atoms with E-state index in [9.17, 15) is 28.0 Å². The van der Waals surface area contributed by atoms with Crippen LogP contribution in [-0.4, -0.2) is 80.0 Å². The number of esters is 2. The molecule has 0 aromatic heterocycles. The Morgan fingerprint density at radius 3 is 1.73 bits per heavy atom. The van der Waals surface area contributed by atoms with Gasteiger partial charge in [0, 0.05) is 53.8 Å². The van der Waals surface area contributed by atoms with Crippen molar-refractivity contribution in [3.63, 3.8) is 0 Å². The van der Waals surface area contributed by atoms with Crippen LogP contribution in [0.25, 0.3) is 0 Å². The van der Waals surface area contributed by atoms with Gasteiger partial charge >= 0.3 is 17.9 Å². The number of halogens is 4. The first-order chi connectivity index (χ1) is 19.1. The predicted molar refractivity (Wildman–Crippen MR) is 167 cm³/mol. The van der Waals surface area contributed by atoms with Gasteiger partial charge in [0.2, 0.25) is 5.78 Å². The van der Waals surface area contributed by atoms with Crippen molar-refractivity contribution in [1.82, 2.24) is 9.80 Å². The highest BCUT2D eigenvalue weighted by molar-refractivity contribution is 14.1. The molecule has 0 atom stereocenters. The topological polar surface area (TPSA) is 113 Å². The van der Waals surface area contributed by atoms with Crippen LogP contribution in [0, 0.1) is 18.8 Å². The Bertz CT molecular complexity index is 1270. The van der Waals surface area contributed by atoms with Crippen LogP contribution in [0.5, 0.6) is 0 Å². The van der Waals surface area contributed by atoms with Crippen LogP contribution >= 0.6 is 45.2 Å². The molecule has 0 amide bonds. The second kappa shape index (κ2) is 19.9. The number of Topliss-reactive ketones (excluding diaryl/α,β-unsaturated/α-hetero) is 1. The van der Waals surface area contributed by atoms with E-state index < -0.39 is 29.4 Å². The van der Waals surface area contributed by atoms with Crippen molar-refractivity contribution in [3.05, 3.63) is 90.3 Å². The summed E-state index contributed by atoms with van der Waals surface area (Å²) in [5, 5.41) is 8.45. The van der Waals surface area contributed by atoms with Crippen molar-refractivity contribution in [1.29, 1.82) is 0 Å². The summed E-state index contributed by atoms with van der Waals surface area (Å²) < 4.78 is 37.3. The van der Waals surface area contributed by atoms with Gasteiger partial charge in [0.25, 0.3) is 0 Å². The lowest BCUT2D eigenvalue weighted by molar-refractivity contribution is -0.138.